The van der Waals surface area contributed by atoms with Gasteiger partial charge in [-0.1, -0.05) is 158 Å². The molecular formula is C76H116F2O7. The maximum absolute atomic E-state index is 13.4. The Morgan fingerprint density at radius 1 is 0.318 bits per heavy atom. The van der Waals surface area contributed by atoms with Crippen LogP contribution >= 0.6 is 0 Å². The molecule has 12 rings (SSSR count). The van der Waals surface area contributed by atoms with Gasteiger partial charge < -0.3 is 33.2 Å². The standard InChI is InChI=1S/2C12H15FO.2C12H16O.C10H18O.C10H20O.C8H16O/c2*1-8(2)9-6-7-14-12-10(9)4-3-5-11(12)13;2*1-9(2)10-7-8-13-12-6-4-3-5-11(10)12;1-7(2)8-5-9-3-4-10(6-8)11-9;1-9(2)10-5-3-7-11-8-4-6-10;1-7(2)8-3-5-9-6-4-8/h2*3-5,8-9H,6-7H2,1-2H3;2*3-6,9-10H,7-8H2,1-2H3;7-10H,3-6H2,1-2H3;9-10H,3-8H2,1-2H3;7-8H,3-6H2,1-2H3/t2*9-;2*10-;;;/m1010.../s1. The monoisotopic (exact) mass is 1180 g/mol. The van der Waals surface area contributed by atoms with Gasteiger partial charge in [-0.05, 0) is 208 Å². The lowest BCUT2D eigenvalue weighted by atomic mass is 9.84. The van der Waals surface area contributed by atoms with Crippen molar-refractivity contribution in [2.75, 3.05) is 52.9 Å². The maximum Gasteiger partial charge on any atom is 0.165 e. The van der Waals surface area contributed by atoms with E-state index in [1.807, 2.05) is 24.3 Å². The maximum atomic E-state index is 13.4. The highest BCUT2D eigenvalue weighted by atomic mass is 19.1. The number of halogens is 2. The largest absolute Gasteiger partial charge is 0.493 e. The summed E-state index contributed by atoms with van der Waals surface area (Å²) < 4.78 is 65.1. The van der Waals surface area contributed by atoms with Crippen molar-refractivity contribution >= 4 is 0 Å². The summed E-state index contributed by atoms with van der Waals surface area (Å²) >= 11 is 0. The fourth-order valence-corrected chi connectivity index (χ4v) is 14.0. The van der Waals surface area contributed by atoms with Gasteiger partial charge in [-0.2, -0.15) is 0 Å². The van der Waals surface area contributed by atoms with Crippen LogP contribution in [0.3, 0.4) is 0 Å². The van der Waals surface area contributed by atoms with E-state index in [1.54, 1.807) is 12.1 Å². The molecule has 0 amide bonds. The van der Waals surface area contributed by atoms with E-state index in [-0.39, 0.29) is 11.6 Å². The number of benzene rings is 4. The van der Waals surface area contributed by atoms with Crippen LogP contribution < -0.4 is 18.9 Å². The van der Waals surface area contributed by atoms with Crippen LogP contribution in [0.15, 0.2) is 84.9 Å². The van der Waals surface area contributed by atoms with Crippen molar-refractivity contribution < 1.29 is 41.9 Å². The van der Waals surface area contributed by atoms with Crippen LogP contribution in [-0.4, -0.2) is 65.1 Å². The Morgan fingerprint density at radius 3 is 1.04 bits per heavy atom. The minimum atomic E-state index is -0.229. The SMILES string of the molecule is CC(C)C1CC2CCC(C1)O2.CC(C)C1CCCOCCC1.CC(C)C1CCOCC1.CC(C)[C@@H]1CCOc2c(F)cccc21.CC(C)[C@@H]1CCOc2ccccc21.CC(C)[C@H]1CCOc2c(F)cccc21.CC(C)[C@H]1CCOc2ccccc21. The molecule has 0 radical (unpaired) electrons. The van der Waals surface area contributed by atoms with Crippen LogP contribution in [0.5, 0.6) is 23.0 Å². The molecular weight excluding hydrogens is 1060 g/mol. The molecule has 7 nitrogen and oxygen atoms in total. The van der Waals surface area contributed by atoms with E-state index < -0.39 is 0 Å². The van der Waals surface area contributed by atoms with Crippen molar-refractivity contribution in [2.24, 2.45) is 59.2 Å². The molecule has 0 aromatic heterocycles. The first-order chi connectivity index (χ1) is 40.8. The molecule has 4 aromatic carbocycles. The van der Waals surface area contributed by atoms with Gasteiger partial charge in [-0.25, -0.2) is 8.78 Å². The Hall–Kier alpha value is -4.18. The third-order valence-corrected chi connectivity index (χ3v) is 19.5. The quantitative estimate of drug-likeness (QED) is 0.183. The summed E-state index contributed by atoms with van der Waals surface area (Å²) in [5, 5.41) is 0. The van der Waals surface area contributed by atoms with Gasteiger partial charge in [-0.3, -0.25) is 0 Å². The number of hydrogen-bond acceptors (Lipinski definition) is 7. The van der Waals surface area contributed by atoms with Gasteiger partial charge in [0.25, 0.3) is 0 Å². The zero-order valence-electron chi connectivity index (χ0n) is 55.5. The van der Waals surface area contributed by atoms with E-state index in [9.17, 15) is 8.78 Å². The molecule has 476 valence electrons. The summed E-state index contributed by atoms with van der Waals surface area (Å²) in [4.78, 5) is 0. The molecule has 0 N–H and O–H groups in total. The number of ether oxygens (including phenoxy) is 7. The predicted molar refractivity (Wildman–Crippen MR) is 348 cm³/mol. The number of para-hydroxylation sites is 4. The molecule has 6 atom stereocenters. The van der Waals surface area contributed by atoms with Gasteiger partial charge in [0.05, 0.1) is 38.6 Å². The highest BCUT2D eigenvalue weighted by Crippen LogP contribution is 2.43. The van der Waals surface area contributed by atoms with E-state index in [1.165, 1.54) is 87.5 Å². The Bertz CT molecular complexity index is 2330. The van der Waals surface area contributed by atoms with Gasteiger partial charge in [-0.15, -0.1) is 0 Å². The van der Waals surface area contributed by atoms with Gasteiger partial charge >= 0.3 is 0 Å². The van der Waals surface area contributed by atoms with Crippen LogP contribution in [-0.2, 0) is 14.2 Å². The third-order valence-electron chi connectivity index (χ3n) is 19.5. The Morgan fingerprint density at radius 2 is 0.659 bits per heavy atom. The molecule has 8 heterocycles. The van der Waals surface area contributed by atoms with E-state index in [4.69, 9.17) is 33.2 Å². The second-order valence-electron chi connectivity index (χ2n) is 27.9. The minimum absolute atomic E-state index is 0.229. The summed E-state index contributed by atoms with van der Waals surface area (Å²) in [5.74, 6) is 12.8. The molecule has 2 bridgehead atoms. The zero-order valence-corrected chi connectivity index (χ0v) is 55.5. The Balaban J connectivity index is 0.000000160. The summed E-state index contributed by atoms with van der Waals surface area (Å²) in [6, 6.07) is 27.2. The molecule has 85 heavy (non-hydrogen) atoms. The highest BCUT2D eigenvalue weighted by Gasteiger charge is 2.36. The van der Waals surface area contributed by atoms with E-state index >= 15 is 0 Å². The molecule has 0 aliphatic carbocycles. The van der Waals surface area contributed by atoms with Gasteiger partial charge in [0.15, 0.2) is 23.1 Å². The Labute approximate surface area is 516 Å². The van der Waals surface area contributed by atoms with Crippen LogP contribution in [0.4, 0.5) is 8.78 Å². The number of hydrogen-bond donors (Lipinski definition) is 0. The van der Waals surface area contributed by atoms with Gasteiger partial charge in [0.1, 0.15) is 11.5 Å². The second kappa shape index (κ2) is 36.3. The lowest BCUT2D eigenvalue weighted by Gasteiger charge is -2.30. The van der Waals surface area contributed by atoms with Crippen LogP contribution in [0, 0.1) is 70.8 Å². The predicted octanol–water partition coefficient (Wildman–Crippen LogP) is 20.6. The van der Waals surface area contributed by atoms with E-state index in [0.29, 0.717) is 84.3 Å². The van der Waals surface area contributed by atoms with Crippen molar-refractivity contribution in [3.8, 4) is 23.0 Å². The topological polar surface area (TPSA) is 64.6 Å². The molecule has 4 saturated heterocycles. The molecule has 9 heteroatoms. The molecule has 0 saturated carbocycles. The number of fused-ring (bicyclic) bond motifs is 6. The van der Waals surface area contributed by atoms with Crippen molar-refractivity contribution in [2.45, 2.75) is 223 Å². The first-order valence-electron chi connectivity index (χ1n) is 33.9. The first-order valence-corrected chi connectivity index (χ1v) is 33.9. The van der Waals surface area contributed by atoms with Crippen molar-refractivity contribution in [1.82, 2.24) is 0 Å². The van der Waals surface area contributed by atoms with Crippen molar-refractivity contribution in [3.63, 3.8) is 0 Å². The summed E-state index contributed by atoms with van der Waals surface area (Å²) in [7, 11) is 0. The fraction of sp³-hybridized carbons (Fsp3) is 0.684. The smallest absolute Gasteiger partial charge is 0.165 e. The third kappa shape index (κ3) is 21.8. The lowest BCUT2D eigenvalue weighted by molar-refractivity contribution is -0.0290. The normalized spacial score (nSPS) is 24.2. The van der Waals surface area contributed by atoms with Crippen molar-refractivity contribution in [1.29, 1.82) is 0 Å². The molecule has 4 fully saturated rings. The molecule has 4 aromatic rings. The van der Waals surface area contributed by atoms with Gasteiger partial charge in [0.2, 0.25) is 0 Å². The van der Waals surface area contributed by atoms with Gasteiger partial charge in [0, 0.05) is 37.6 Å². The number of rotatable bonds is 7. The molecule has 8 aliphatic heterocycles. The highest BCUT2D eigenvalue weighted by molar-refractivity contribution is 5.41. The Kier molecular flexibility index (Phi) is 29.9. The van der Waals surface area contributed by atoms with E-state index in [2.05, 4.69) is 133 Å². The van der Waals surface area contributed by atoms with Crippen LogP contribution in [0.1, 0.15) is 233 Å². The summed E-state index contributed by atoms with van der Waals surface area (Å²) in [6.45, 7) is 38.8. The second-order valence-corrected chi connectivity index (χ2v) is 27.9. The van der Waals surface area contributed by atoms with Crippen LogP contribution in [0.2, 0.25) is 0 Å². The summed E-state index contributed by atoms with van der Waals surface area (Å²) in [6.07, 6.45) is 18.7. The fourth-order valence-electron chi connectivity index (χ4n) is 14.0. The lowest BCUT2D eigenvalue weighted by Crippen LogP contribution is -2.27. The minimum Gasteiger partial charge on any atom is -0.493 e. The molecule has 8 aliphatic rings. The van der Waals surface area contributed by atoms with Crippen LogP contribution in [0.25, 0.3) is 0 Å². The summed E-state index contributed by atoms with van der Waals surface area (Å²) in [5.41, 5.74) is 4.85. The van der Waals surface area contributed by atoms with Crippen molar-refractivity contribution in [3.05, 3.63) is 119 Å². The van der Waals surface area contributed by atoms with E-state index in [0.717, 1.165) is 123 Å². The average molecular weight is 1180 g/mol. The zero-order chi connectivity index (χ0) is 61.4. The first kappa shape index (κ1) is 69.9. The molecule has 2 unspecified atom stereocenters. The average Bonchev–Trinajstić information content (AvgIpc) is 3.54. The molecule has 0 spiro atoms.